The number of aromatic nitrogens is 2. The molecule has 58 valence electrons. The molecule has 5 heteroatoms. The summed E-state index contributed by atoms with van der Waals surface area (Å²) in [5.41, 5.74) is 0.537. The number of nitriles is 1. The lowest BCUT2D eigenvalue weighted by atomic mass is 10.4. The second-order valence-electron chi connectivity index (χ2n) is 2.00. The molecule has 0 aliphatic heterocycles. The molecule has 11 heavy (non-hydrogen) atoms. The van der Waals surface area contributed by atoms with Crippen LogP contribution in [0.3, 0.4) is 0 Å². The van der Waals surface area contributed by atoms with E-state index in [4.69, 9.17) is 5.26 Å². The average Bonchev–Trinajstić information content (AvgIpc) is 2.24. The summed E-state index contributed by atoms with van der Waals surface area (Å²) in [6, 6.07) is 2.04. The molecule has 1 rings (SSSR count). The maximum absolute atomic E-state index is 8.67. The summed E-state index contributed by atoms with van der Waals surface area (Å²) >= 11 is 3.17. The Labute approximate surface area is 72.9 Å². The summed E-state index contributed by atoms with van der Waals surface area (Å²) in [7, 11) is 3.53. The number of hydrogen-bond acceptors (Lipinski definition) is 3. The lowest BCUT2D eigenvalue weighted by molar-refractivity contribution is 0.767. The van der Waals surface area contributed by atoms with Gasteiger partial charge in [-0.15, -0.1) is 0 Å². The van der Waals surface area contributed by atoms with Gasteiger partial charge in [-0.2, -0.15) is 10.4 Å². The number of nitrogens with one attached hydrogen (secondary N) is 1. The molecule has 0 spiro atoms. The summed E-state index contributed by atoms with van der Waals surface area (Å²) in [6.45, 7) is 0. The van der Waals surface area contributed by atoms with E-state index in [0.29, 0.717) is 10.2 Å². The van der Waals surface area contributed by atoms with E-state index >= 15 is 0 Å². The first kappa shape index (κ1) is 8.08. The molecule has 0 radical (unpaired) electrons. The highest BCUT2D eigenvalue weighted by Gasteiger charge is 2.11. The zero-order chi connectivity index (χ0) is 8.43. The maximum Gasteiger partial charge on any atom is 0.148 e. The predicted octanol–water partition coefficient (Wildman–Crippen LogP) is 1.10. The van der Waals surface area contributed by atoms with Gasteiger partial charge in [-0.25, -0.2) is 0 Å². The van der Waals surface area contributed by atoms with Crippen LogP contribution in [0.1, 0.15) is 5.56 Å². The van der Waals surface area contributed by atoms with E-state index in [1.54, 1.807) is 18.8 Å². The molecule has 1 N–H and O–H groups in total. The van der Waals surface area contributed by atoms with Crippen LogP contribution in [-0.4, -0.2) is 16.8 Å². The third-order valence-corrected chi connectivity index (χ3v) is 1.91. The van der Waals surface area contributed by atoms with Gasteiger partial charge in [0.1, 0.15) is 22.1 Å². The van der Waals surface area contributed by atoms with Crippen molar-refractivity contribution in [3.8, 4) is 6.07 Å². The summed E-state index contributed by atoms with van der Waals surface area (Å²) in [6.07, 6.45) is 0. The zero-order valence-electron chi connectivity index (χ0n) is 6.22. The van der Waals surface area contributed by atoms with Crippen LogP contribution in [0.25, 0.3) is 0 Å². The Morgan fingerprint density at radius 3 is 2.73 bits per heavy atom. The molecular weight excluding hydrogens is 208 g/mol. The maximum atomic E-state index is 8.67. The Morgan fingerprint density at radius 2 is 2.36 bits per heavy atom. The van der Waals surface area contributed by atoms with Crippen LogP contribution in [0.4, 0.5) is 5.82 Å². The van der Waals surface area contributed by atoms with Gasteiger partial charge in [-0.05, 0) is 15.9 Å². The topological polar surface area (TPSA) is 53.6 Å². The van der Waals surface area contributed by atoms with Crippen LogP contribution in [0, 0.1) is 11.3 Å². The van der Waals surface area contributed by atoms with Crippen molar-refractivity contribution in [2.24, 2.45) is 7.05 Å². The Morgan fingerprint density at radius 1 is 1.73 bits per heavy atom. The highest BCUT2D eigenvalue weighted by Crippen LogP contribution is 2.21. The lowest BCUT2D eigenvalue weighted by Gasteiger charge is -1.97. The molecule has 0 fully saturated rings. The van der Waals surface area contributed by atoms with Gasteiger partial charge in [-0.1, -0.05) is 0 Å². The first-order valence-corrected chi connectivity index (χ1v) is 3.80. The summed E-state index contributed by atoms with van der Waals surface area (Å²) in [5, 5.41) is 15.6. The van der Waals surface area contributed by atoms with Crippen LogP contribution < -0.4 is 5.32 Å². The molecule has 0 saturated heterocycles. The van der Waals surface area contributed by atoms with Crippen molar-refractivity contribution >= 4 is 21.7 Å². The summed E-state index contributed by atoms with van der Waals surface area (Å²) in [5.74, 6) is 0.722. The third-order valence-electron chi connectivity index (χ3n) is 1.35. The number of halogens is 1. The number of anilines is 1. The van der Waals surface area contributed by atoms with Crippen LogP contribution in [0.2, 0.25) is 0 Å². The van der Waals surface area contributed by atoms with Crippen molar-refractivity contribution in [1.29, 1.82) is 5.26 Å². The number of nitrogens with zero attached hydrogens (tertiary/aromatic N) is 3. The molecule has 0 unspecified atom stereocenters. The van der Waals surface area contributed by atoms with E-state index in [2.05, 4.69) is 26.3 Å². The van der Waals surface area contributed by atoms with Crippen molar-refractivity contribution in [2.75, 3.05) is 12.4 Å². The highest BCUT2D eigenvalue weighted by atomic mass is 79.9. The Bertz CT molecular complexity index is 309. The van der Waals surface area contributed by atoms with Crippen molar-refractivity contribution in [3.05, 3.63) is 10.2 Å². The van der Waals surface area contributed by atoms with Crippen molar-refractivity contribution in [3.63, 3.8) is 0 Å². The predicted molar refractivity (Wildman–Crippen MR) is 45.2 cm³/mol. The van der Waals surface area contributed by atoms with Crippen molar-refractivity contribution in [2.45, 2.75) is 0 Å². The fourth-order valence-corrected chi connectivity index (χ4v) is 1.39. The molecule has 1 aromatic heterocycles. The molecule has 0 aliphatic carbocycles. The van der Waals surface area contributed by atoms with E-state index in [9.17, 15) is 0 Å². The van der Waals surface area contributed by atoms with E-state index in [1.165, 1.54) is 0 Å². The molecule has 0 amide bonds. The monoisotopic (exact) mass is 214 g/mol. The number of aryl methyl sites for hydroxylation is 1. The standard InChI is InChI=1S/C6H7BrN4/c1-9-6-4(3-8)5(7)10-11(6)2/h9H,1-2H3. The summed E-state index contributed by atoms with van der Waals surface area (Å²) < 4.78 is 2.19. The SMILES string of the molecule is CNc1c(C#N)c(Br)nn1C. The van der Waals surface area contributed by atoms with Crippen LogP contribution in [0.5, 0.6) is 0 Å². The van der Waals surface area contributed by atoms with Crippen molar-refractivity contribution < 1.29 is 0 Å². The van der Waals surface area contributed by atoms with Crippen LogP contribution in [-0.2, 0) is 7.05 Å². The Kier molecular flexibility index (Phi) is 2.15. The van der Waals surface area contributed by atoms with Crippen LogP contribution in [0.15, 0.2) is 4.60 Å². The minimum Gasteiger partial charge on any atom is -0.372 e. The largest absolute Gasteiger partial charge is 0.372 e. The Hall–Kier alpha value is -1.02. The first-order chi connectivity index (χ1) is 5.20. The molecule has 1 aromatic rings. The molecule has 0 aromatic carbocycles. The fourth-order valence-electron chi connectivity index (χ4n) is 0.877. The van der Waals surface area contributed by atoms with Crippen molar-refractivity contribution in [1.82, 2.24) is 9.78 Å². The molecular formula is C6H7BrN4. The second-order valence-corrected chi connectivity index (χ2v) is 2.75. The normalized spacial score (nSPS) is 9.27. The first-order valence-electron chi connectivity index (χ1n) is 3.01. The Balaban J connectivity index is 3.31. The van der Waals surface area contributed by atoms with Gasteiger partial charge in [0, 0.05) is 14.1 Å². The average molecular weight is 215 g/mol. The molecule has 1 heterocycles. The molecule has 4 nitrogen and oxygen atoms in total. The van der Waals surface area contributed by atoms with E-state index in [-0.39, 0.29) is 0 Å². The molecule has 0 atom stereocenters. The molecule has 0 aliphatic rings. The number of hydrogen-bond donors (Lipinski definition) is 1. The molecule has 0 saturated carbocycles. The zero-order valence-corrected chi connectivity index (χ0v) is 7.81. The summed E-state index contributed by atoms with van der Waals surface area (Å²) in [4.78, 5) is 0. The van der Waals surface area contributed by atoms with Gasteiger partial charge in [0.05, 0.1) is 0 Å². The highest BCUT2D eigenvalue weighted by molar-refractivity contribution is 9.10. The smallest absolute Gasteiger partial charge is 0.148 e. The third kappa shape index (κ3) is 1.21. The quantitative estimate of drug-likeness (QED) is 0.762. The fraction of sp³-hybridized carbons (Fsp3) is 0.333. The number of rotatable bonds is 1. The van der Waals surface area contributed by atoms with Gasteiger partial charge in [-0.3, -0.25) is 4.68 Å². The van der Waals surface area contributed by atoms with Gasteiger partial charge in [0.25, 0.3) is 0 Å². The van der Waals surface area contributed by atoms with Crippen LogP contribution >= 0.6 is 15.9 Å². The molecule has 0 bridgehead atoms. The van der Waals surface area contributed by atoms with Gasteiger partial charge in [0.15, 0.2) is 0 Å². The van der Waals surface area contributed by atoms with Gasteiger partial charge in [0.2, 0.25) is 0 Å². The van der Waals surface area contributed by atoms with Gasteiger partial charge < -0.3 is 5.32 Å². The minimum absolute atomic E-state index is 0.537. The van der Waals surface area contributed by atoms with E-state index < -0.39 is 0 Å². The van der Waals surface area contributed by atoms with E-state index in [0.717, 1.165) is 5.82 Å². The second kappa shape index (κ2) is 2.93. The lowest BCUT2D eigenvalue weighted by Crippen LogP contribution is -1.99. The minimum atomic E-state index is 0.537. The van der Waals surface area contributed by atoms with Gasteiger partial charge >= 0.3 is 0 Å². The van der Waals surface area contributed by atoms with E-state index in [1.807, 2.05) is 6.07 Å².